The first-order valence-corrected chi connectivity index (χ1v) is 32.5. The second kappa shape index (κ2) is 41.8. The molecular formula is C63H101N19O18. The summed E-state index contributed by atoms with van der Waals surface area (Å²) in [5.74, 6) is -18.3. The molecule has 37 nitrogen and oxygen atoms in total. The molecule has 0 spiro atoms. The number of carbonyl (C=O) groups excluding carboxylic acids is 13. The molecule has 0 unspecified atom stereocenters. The largest absolute Gasteiger partial charge is 0.481 e. The zero-order chi connectivity index (χ0) is 75.9. The van der Waals surface area contributed by atoms with Gasteiger partial charge in [-0.15, -0.1) is 0 Å². The van der Waals surface area contributed by atoms with Crippen LogP contribution < -0.4 is 87.2 Å². The van der Waals surface area contributed by atoms with Gasteiger partial charge in [-0.25, -0.2) is 4.98 Å². The van der Waals surface area contributed by atoms with Gasteiger partial charge in [-0.2, -0.15) is 0 Å². The number of amides is 13. The van der Waals surface area contributed by atoms with E-state index >= 15 is 0 Å². The molecule has 1 heterocycles. The van der Waals surface area contributed by atoms with Crippen LogP contribution in [0.3, 0.4) is 0 Å². The van der Waals surface area contributed by atoms with Crippen LogP contribution in [0.5, 0.6) is 0 Å². The number of carbonyl (C=O) groups is 15. The van der Waals surface area contributed by atoms with Crippen LogP contribution in [0.1, 0.15) is 132 Å². The van der Waals surface area contributed by atoms with Gasteiger partial charge in [0.2, 0.25) is 76.8 Å². The number of aliphatic imine (C=N–C) groups is 1. The molecule has 0 saturated carbocycles. The third-order valence-corrected chi connectivity index (χ3v) is 15.6. The number of aliphatic hydroxyl groups excluding tert-OH is 1. The number of nitrogens with zero attached hydrogens (tertiary/aromatic N) is 2. The van der Waals surface area contributed by atoms with E-state index in [9.17, 15) is 87.2 Å². The molecule has 0 bridgehead atoms. The predicted octanol–water partition coefficient (Wildman–Crippen LogP) is -5.58. The number of aliphatic carboxylic acids is 2. The van der Waals surface area contributed by atoms with Gasteiger partial charge in [-0.1, -0.05) is 99.1 Å². The zero-order valence-corrected chi connectivity index (χ0v) is 57.9. The molecule has 1 aromatic carbocycles. The monoisotopic (exact) mass is 1410 g/mol. The summed E-state index contributed by atoms with van der Waals surface area (Å²) in [4.78, 5) is 213. The predicted molar refractivity (Wildman–Crippen MR) is 360 cm³/mol. The fourth-order valence-electron chi connectivity index (χ4n) is 9.67. The number of aliphatic hydroxyl groups is 1. The van der Waals surface area contributed by atoms with Crippen molar-refractivity contribution in [2.75, 3.05) is 13.2 Å². The molecule has 13 amide bonds. The first-order chi connectivity index (χ1) is 46.7. The van der Waals surface area contributed by atoms with Crippen LogP contribution in [0, 0.1) is 23.2 Å². The molecule has 13 atom stereocenters. The van der Waals surface area contributed by atoms with Crippen LogP contribution in [0.15, 0.2) is 47.8 Å². The minimum atomic E-state index is -2.01. The van der Waals surface area contributed by atoms with Gasteiger partial charge in [0.15, 0.2) is 5.96 Å². The lowest BCUT2D eigenvalue weighted by Gasteiger charge is -2.34. The van der Waals surface area contributed by atoms with Crippen molar-refractivity contribution in [3.8, 4) is 0 Å². The standard InChI is InChI=1S/C63H101N19O18/c1-11-32(6)47(65)59(98)80-43(28-83)58(97)82-49(63(8,9)10)61(100)81-48(31(4)5)60(99)79-41(25-44(64)84)57(96)76-39(22-30(2)3)55(94)78-42(26-46(87)88)54(93)72-33(7)51(90)73-37(19-20-45(85)86)53(92)77-40(23-34-16-13-12-14-17-34)56(95)74-36(18-15-21-70-62(67)68)52(91)75-38(50(66)89)24-35-27-69-29-71-35/h12-14,16-17,27,29-33,36-43,47-49,83H,11,15,18-26,28,65H2,1-10H3,(H2,64,84)(H2,66,89)(H,69,71)(H,72,93)(H,73,90)(H,74,95)(H,75,91)(H,76,96)(H,77,92)(H,78,94)(H,79,99)(H,80,98)(H,81,100)(H,82,97)(H,85,86)(H,87,88)(H4,67,68,70)/t32-,33-,36-,37-,38-,39-,40-,41-,42-,43-,47-,48-,49+/m0/s1. The van der Waals surface area contributed by atoms with E-state index in [-0.39, 0.29) is 50.5 Å². The maximum Gasteiger partial charge on any atom is 0.305 e. The summed E-state index contributed by atoms with van der Waals surface area (Å²) >= 11 is 0. The number of H-pyrrole nitrogens is 1. The normalized spacial score (nSPS) is 15.2. The highest BCUT2D eigenvalue weighted by molar-refractivity contribution is 6.01. The lowest BCUT2D eigenvalue weighted by molar-refractivity contribution is -0.142. The molecule has 25 N–H and O–H groups in total. The average molecular weight is 1410 g/mol. The van der Waals surface area contributed by atoms with Crippen LogP contribution in [0.2, 0.25) is 0 Å². The number of imidazole rings is 1. The van der Waals surface area contributed by atoms with Crippen molar-refractivity contribution in [2.24, 2.45) is 56.8 Å². The van der Waals surface area contributed by atoms with Gasteiger partial charge in [0.05, 0.1) is 31.8 Å². The fraction of sp³-hybridized carbons (Fsp3) is 0.603. The Labute approximate surface area is 578 Å². The second-order valence-corrected chi connectivity index (χ2v) is 26.0. The highest BCUT2D eigenvalue weighted by Gasteiger charge is 2.40. The maximum atomic E-state index is 14.4. The molecule has 0 aliphatic heterocycles. The highest BCUT2D eigenvalue weighted by Crippen LogP contribution is 2.21. The zero-order valence-electron chi connectivity index (χ0n) is 57.9. The van der Waals surface area contributed by atoms with Gasteiger partial charge in [-0.3, -0.25) is 76.9 Å². The van der Waals surface area contributed by atoms with Crippen molar-refractivity contribution in [3.63, 3.8) is 0 Å². The van der Waals surface area contributed by atoms with E-state index in [1.165, 1.54) is 26.4 Å². The smallest absolute Gasteiger partial charge is 0.305 e. The van der Waals surface area contributed by atoms with Crippen molar-refractivity contribution in [3.05, 3.63) is 54.1 Å². The Morgan fingerprint density at radius 1 is 0.550 bits per heavy atom. The molecule has 0 aliphatic carbocycles. The van der Waals surface area contributed by atoms with E-state index in [4.69, 9.17) is 28.7 Å². The number of carboxylic acids is 2. The summed E-state index contributed by atoms with van der Waals surface area (Å²) < 4.78 is 0. The van der Waals surface area contributed by atoms with Gasteiger partial charge in [0.1, 0.15) is 66.5 Å². The van der Waals surface area contributed by atoms with E-state index in [0.717, 1.165) is 6.92 Å². The van der Waals surface area contributed by atoms with Gasteiger partial charge in [-0.05, 0) is 61.3 Å². The molecule has 0 aliphatic rings. The number of aromatic amines is 1. The van der Waals surface area contributed by atoms with E-state index in [1.807, 2.05) is 0 Å². The molecule has 2 aromatic rings. The number of primary amides is 2. The fourth-order valence-corrected chi connectivity index (χ4v) is 9.67. The Hall–Kier alpha value is -10.3. The van der Waals surface area contributed by atoms with Gasteiger partial charge < -0.3 is 107 Å². The topological polar surface area (TPSA) is 620 Å². The minimum absolute atomic E-state index is 0.00169. The van der Waals surface area contributed by atoms with Crippen molar-refractivity contribution >= 4 is 94.7 Å². The Balaban J connectivity index is 2.43. The Bertz CT molecular complexity index is 3180. The van der Waals surface area contributed by atoms with E-state index in [0.29, 0.717) is 17.7 Å². The van der Waals surface area contributed by atoms with Crippen LogP contribution >= 0.6 is 0 Å². The third-order valence-electron chi connectivity index (χ3n) is 15.6. The number of hydrogen-bond donors (Lipinski definition) is 20. The Kier molecular flexibility index (Phi) is 35.9. The van der Waals surface area contributed by atoms with Gasteiger partial charge in [0, 0.05) is 37.7 Å². The van der Waals surface area contributed by atoms with Crippen molar-refractivity contribution < 1.29 is 87.2 Å². The first-order valence-electron chi connectivity index (χ1n) is 32.5. The van der Waals surface area contributed by atoms with Gasteiger partial charge >= 0.3 is 11.9 Å². The van der Waals surface area contributed by atoms with Crippen LogP contribution in [0.25, 0.3) is 0 Å². The van der Waals surface area contributed by atoms with Gasteiger partial charge in [0.25, 0.3) is 0 Å². The molecule has 0 fully saturated rings. The minimum Gasteiger partial charge on any atom is -0.481 e. The van der Waals surface area contributed by atoms with Crippen LogP contribution in [-0.4, -0.2) is 206 Å². The van der Waals surface area contributed by atoms with Crippen molar-refractivity contribution in [2.45, 2.75) is 206 Å². The summed E-state index contributed by atoms with van der Waals surface area (Å²) in [6, 6.07) is -10.6. The number of nitrogens with two attached hydrogens (primary N) is 5. The second-order valence-electron chi connectivity index (χ2n) is 26.0. The molecule has 37 heteroatoms. The Morgan fingerprint density at radius 2 is 1.05 bits per heavy atom. The van der Waals surface area contributed by atoms with E-state index < -0.39 is 211 Å². The molecule has 1 aromatic heterocycles. The summed E-state index contributed by atoms with van der Waals surface area (Å²) in [5, 5.41) is 56.3. The summed E-state index contributed by atoms with van der Waals surface area (Å²) in [6.45, 7) is 14.8. The average Bonchev–Trinajstić information content (AvgIpc) is 0.907. The first kappa shape index (κ1) is 85.8. The van der Waals surface area contributed by atoms with Crippen LogP contribution in [0.4, 0.5) is 0 Å². The quantitative estimate of drug-likeness (QED) is 0.0167. The summed E-state index contributed by atoms with van der Waals surface area (Å²) in [6.07, 6.45) is -0.709. The van der Waals surface area contributed by atoms with Crippen molar-refractivity contribution in [1.29, 1.82) is 0 Å². The highest BCUT2D eigenvalue weighted by atomic mass is 16.4. The number of nitrogens with one attached hydrogen (secondary N) is 12. The number of rotatable bonds is 44. The van der Waals surface area contributed by atoms with E-state index in [1.54, 1.807) is 78.8 Å². The number of guanidine groups is 1. The molecular weight excluding hydrogens is 1310 g/mol. The maximum absolute atomic E-state index is 14.4. The SMILES string of the molecule is CC[C@H](C)[C@H](N)C(=O)N[C@@H](CO)C(=O)N[C@H](C(=O)N[C@H](C(=O)N[C@@H](CC(N)=O)C(=O)N[C@@H](CC(C)C)C(=O)N[C@@H](CC(=O)O)C(=O)N[C@@H](C)C(=O)N[C@@H](CCC(=O)O)C(=O)N[C@@H](Cc1ccccc1)C(=O)N[C@@H](CCCN=C(N)N)C(=O)N[C@@H](Cc1cnc[nH]1)C(N)=O)C(C)C)C(C)(C)C. The number of benzene rings is 1. The summed E-state index contributed by atoms with van der Waals surface area (Å²) in [7, 11) is 0. The van der Waals surface area contributed by atoms with Crippen molar-refractivity contribution in [1.82, 2.24) is 68.5 Å². The molecule has 2 rings (SSSR count). The van der Waals surface area contributed by atoms with E-state index in [2.05, 4.69) is 73.4 Å². The molecule has 0 saturated heterocycles. The third kappa shape index (κ3) is 30.6. The lowest BCUT2D eigenvalue weighted by atomic mass is 9.85. The summed E-state index contributed by atoms with van der Waals surface area (Å²) in [5.41, 5.74) is 27.9. The Morgan fingerprint density at radius 3 is 1.57 bits per heavy atom. The lowest BCUT2D eigenvalue weighted by Crippen LogP contribution is -2.63. The van der Waals surface area contributed by atoms with Crippen LogP contribution in [-0.2, 0) is 84.8 Å². The number of hydrogen-bond acceptors (Lipinski definition) is 19. The molecule has 556 valence electrons. The molecule has 100 heavy (non-hydrogen) atoms. The number of aromatic nitrogens is 2. The number of carboxylic acid groups (broad SMARTS) is 2. The molecule has 0 radical (unpaired) electrons.